The molecule has 5 fully saturated rings. The second-order valence-corrected chi connectivity index (χ2v) is 12.2. The van der Waals surface area contributed by atoms with Crippen molar-refractivity contribution in [3.8, 4) is 5.88 Å². The van der Waals surface area contributed by atoms with Crippen LogP contribution in [0.4, 0.5) is 4.79 Å². The number of nitrogens with one attached hydrogen (secondary N) is 1. The minimum Gasteiger partial charge on any atom is -0.494 e. The molecule has 0 unspecified atom stereocenters. The summed E-state index contributed by atoms with van der Waals surface area (Å²) in [5.41, 5.74) is 3.11. The molecule has 3 aliphatic carbocycles. The van der Waals surface area contributed by atoms with E-state index in [9.17, 15) is 24.3 Å². The van der Waals surface area contributed by atoms with Crippen molar-refractivity contribution in [2.75, 3.05) is 26.8 Å². The number of hydrogen-bond acceptors (Lipinski definition) is 7. The molecule has 12 heteroatoms. The van der Waals surface area contributed by atoms with E-state index < -0.39 is 28.5 Å². The molecule has 1 atom stereocenters. The molecule has 6 rings (SSSR count). The quantitative estimate of drug-likeness (QED) is 0.281. The lowest BCUT2D eigenvalue weighted by Crippen LogP contribution is -2.64. The minimum absolute atomic E-state index is 0.126. The highest BCUT2D eigenvalue weighted by Gasteiger charge is 2.68. The number of nitrogens with zero attached hydrogens (tertiary/aromatic N) is 4. The number of ether oxygens (including phenoxy) is 1. The van der Waals surface area contributed by atoms with Crippen LogP contribution < -0.4 is 17.0 Å². The van der Waals surface area contributed by atoms with Crippen LogP contribution in [0, 0.1) is 22.7 Å². The van der Waals surface area contributed by atoms with Gasteiger partial charge in [-0.1, -0.05) is 0 Å². The van der Waals surface area contributed by atoms with Crippen molar-refractivity contribution >= 4 is 17.8 Å². The van der Waals surface area contributed by atoms with Crippen LogP contribution in [0.15, 0.2) is 9.59 Å². The smallest absolute Gasteiger partial charge is 0.334 e. The molecule has 5 aliphatic rings. The van der Waals surface area contributed by atoms with Crippen LogP contribution in [0.2, 0.25) is 0 Å². The average molecular weight is 529 g/mol. The van der Waals surface area contributed by atoms with Gasteiger partial charge in [-0.25, -0.2) is 9.59 Å². The van der Waals surface area contributed by atoms with Crippen LogP contribution in [0.5, 0.6) is 5.88 Å². The van der Waals surface area contributed by atoms with Gasteiger partial charge in [0, 0.05) is 38.7 Å². The topological polar surface area (TPSA) is 164 Å². The summed E-state index contributed by atoms with van der Waals surface area (Å²) >= 11 is 0. The van der Waals surface area contributed by atoms with Crippen molar-refractivity contribution in [3.63, 3.8) is 0 Å². The molecular formula is C26H36N6O6. The zero-order valence-electron chi connectivity index (χ0n) is 21.8. The summed E-state index contributed by atoms with van der Waals surface area (Å²) < 4.78 is 7.88. The maximum atomic E-state index is 13.4. The normalized spacial score (nSPS) is 33.0. The zero-order valence-corrected chi connectivity index (χ0v) is 21.8. The monoisotopic (exact) mass is 528 g/mol. The molecule has 0 radical (unpaired) electrons. The Kier molecular flexibility index (Phi) is 5.75. The van der Waals surface area contributed by atoms with Crippen LogP contribution in [0.3, 0.4) is 0 Å². The van der Waals surface area contributed by atoms with Crippen molar-refractivity contribution in [1.82, 2.24) is 18.9 Å². The maximum absolute atomic E-state index is 13.4. The number of nitrogen functional groups attached to an aromatic ring is 1. The van der Waals surface area contributed by atoms with Crippen LogP contribution >= 0.6 is 0 Å². The Morgan fingerprint density at radius 2 is 1.74 bits per heavy atom. The Labute approximate surface area is 219 Å². The molecule has 206 valence electrons. The molecule has 2 aliphatic heterocycles. The van der Waals surface area contributed by atoms with E-state index >= 15 is 0 Å². The Bertz CT molecular complexity index is 1310. The molecule has 3 saturated carbocycles. The highest BCUT2D eigenvalue weighted by Crippen LogP contribution is 2.62. The number of carbonyl (C=O) groups is 2. The number of rotatable bonds is 6. The first kappa shape index (κ1) is 25.1. The van der Waals surface area contributed by atoms with E-state index in [-0.39, 0.29) is 40.8 Å². The van der Waals surface area contributed by atoms with Crippen LogP contribution in [-0.2, 0) is 16.1 Å². The number of urea groups is 1. The molecule has 4 N–H and O–H groups in total. The second-order valence-electron chi connectivity index (χ2n) is 12.2. The van der Waals surface area contributed by atoms with Crippen molar-refractivity contribution < 1.29 is 19.4 Å². The fraction of sp³-hybridized carbons (Fsp3) is 0.731. The molecule has 3 heterocycles. The SMILES string of the molecule is CN1C(=O)N(C[C@H]2CCOC2)C2(CC3(CCC(n4c(=O)c(C(=N)N)c(O)n(CC5CC5)c4=O)CC3)C2)C1=O. The minimum atomic E-state index is -0.810. The number of aromatic hydroxyl groups is 1. The summed E-state index contributed by atoms with van der Waals surface area (Å²) in [5.74, 6) is -0.714. The number of hydrogen-bond donors (Lipinski definition) is 3. The van der Waals surface area contributed by atoms with E-state index in [1.54, 1.807) is 11.9 Å². The van der Waals surface area contributed by atoms with Gasteiger partial charge in [-0.2, -0.15) is 0 Å². The van der Waals surface area contributed by atoms with Gasteiger partial charge >= 0.3 is 11.7 Å². The van der Waals surface area contributed by atoms with Crippen molar-refractivity contribution in [3.05, 3.63) is 26.4 Å². The maximum Gasteiger partial charge on any atom is 0.334 e. The standard InChI is InChI=1S/C26H36N6O6/c1-29-22(35)26(31(23(29)36)11-16-6-9-38-12-16)13-25(14-26)7-4-17(5-8-25)32-21(34)18(19(27)28)20(33)30(24(32)37)10-15-2-3-15/h15-17,33H,2-14H2,1H3,(H3,27,28)/t16-,17?,25?,26?/m1/s1. The molecule has 1 aromatic rings. The van der Waals surface area contributed by atoms with Gasteiger partial charge in [-0.15, -0.1) is 0 Å². The first-order valence-corrected chi connectivity index (χ1v) is 13.7. The zero-order chi connectivity index (χ0) is 27.0. The molecule has 0 bridgehead atoms. The number of carbonyl (C=O) groups excluding carboxylic acids is 2. The second kappa shape index (κ2) is 8.69. The first-order chi connectivity index (χ1) is 18.1. The fourth-order valence-corrected chi connectivity index (χ4v) is 7.41. The summed E-state index contributed by atoms with van der Waals surface area (Å²) in [6, 6.07) is -0.620. The number of likely N-dealkylation sites (N-methyl/N-ethyl adjacent to an activating group) is 1. The van der Waals surface area contributed by atoms with Gasteiger partial charge in [-0.3, -0.25) is 29.0 Å². The Balaban J connectivity index is 1.22. The number of imide groups is 1. The van der Waals surface area contributed by atoms with Crippen molar-refractivity contribution in [2.24, 2.45) is 23.0 Å². The Morgan fingerprint density at radius 1 is 1.05 bits per heavy atom. The van der Waals surface area contributed by atoms with Crippen molar-refractivity contribution in [2.45, 2.75) is 75.9 Å². The highest BCUT2D eigenvalue weighted by atomic mass is 16.5. The molecule has 0 aromatic carbocycles. The Morgan fingerprint density at radius 3 is 2.32 bits per heavy atom. The summed E-state index contributed by atoms with van der Waals surface area (Å²) in [6.45, 7) is 2.10. The number of nitrogens with two attached hydrogens (primary N) is 1. The fourth-order valence-electron chi connectivity index (χ4n) is 7.41. The van der Waals surface area contributed by atoms with Gasteiger partial charge in [0.1, 0.15) is 16.9 Å². The third-order valence-corrected chi connectivity index (χ3v) is 9.67. The van der Waals surface area contributed by atoms with Crippen LogP contribution in [-0.4, -0.2) is 74.2 Å². The van der Waals surface area contributed by atoms with Gasteiger partial charge < -0.3 is 20.5 Å². The highest BCUT2D eigenvalue weighted by molar-refractivity contribution is 6.07. The average Bonchev–Trinajstić information content (AvgIpc) is 3.50. The van der Waals surface area contributed by atoms with E-state index in [2.05, 4.69) is 0 Å². The van der Waals surface area contributed by atoms with Gasteiger partial charge in [0.05, 0.1) is 6.61 Å². The van der Waals surface area contributed by atoms with E-state index in [1.807, 2.05) is 0 Å². The molecule has 2 spiro atoms. The van der Waals surface area contributed by atoms with E-state index in [0.717, 1.165) is 32.1 Å². The number of aromatic nitrogens is 2. The van der Waals surface area contributed by atoms with Crippen LogP contribution in [0.25, 0.3) is 0 Å². The van der Waals surface area contributed by atoms with E-state index in [0.29, 0.717) is 52.0 Å². The van der Waals surface area contributed by atoms with Gasteiger partial charge in [0.2, 0.25) is 5.88 Å². The summed E-state index contributed by atoms with van der Waals surface area (Å²) in [4.78, 5) is 55.9. The predicted octanol–water partition coefficient (Wildman–Crippen LogP) is 0.974. The van der Waals surface area contributed by atoms with Gasteiger partial charge in [0.15, 0.2) is 0 Å². The third-order valence-electron chi connectivity index (χ3n) is 9.67. The van der Waals surface area contributed by atoms with Gasteiger partial charge in [-0.05, 0) is 69.1 Å². The third kappa shape index (κ3) is 3.70. The molecule has 38 heavy (non-hydrogen) atoms. The largest absolute Gasteiger partial charge is 0.494 e. The predicted molar refractivity (Wildman–Crippen MR) is 136 cm³/mol. The van der Waals surface area contributed by atoms with E-state index in [4.69, 9.17) is 15.9 Å². The summed E-state index contributed by atoms with van der Waals surface area (Å²) in [6.07, 6.45) is 6.52. The molecule has 12 nitrogen and oxygen atoms in total. The van der Waals surface area contributed by atoms with Crippen molar-refractivity contribution in [1.29, 1.82) is 5.41 Å². The molecular weight excluding hydrogens is 492 g/mol. The Hall–Kier alpha value is -3.15. The van der Waals surface area contributed by atoms with Gasteiger partial charge in [0.25, 0.3) is 11.5 Å². The number of amides is 3. The summed E-state index contributed by atoms with van der Waals surface area (Å²) in [7, 11) is 1.55. The molecule has 1 aromatic heterocycles. The van der Waals surface area contributed by atoms with E-state index in [1.165, 1.54) is 14.0 Å². The lowest BCUT2D eigenvalue weighted by Gasteiger charge is -2.58. The molecule has 2 saturated heterocycles. The lowest BCUT2D eigenvalue weighted by molar-refractivity contribution is -0.150. The molecule has 3 amide bonds. The lowest BCUT2D eigenvalue weighted by atomic mass is 9.51. The first-order valence-electron chi connectivity index (χ1n) is 13.7. The summed E-state index contributed by atoms with van der Waals surface area (Å²) in [5, 5.41) is 18.5. The van der Waals surface area contributed by atoms with Crippen LogP contribution in [0.1, 0.15) is 69.4 Å². The number of amidine groups is 1.